The van der Waals surface area contributed by atoms with Gasteiger partial charge in [0.2, 0.25) is 5.88 Å². The second-order valence-electron chi connectivity index (χ2n) is 8.74. The molecule has 8 nitrogen and oxygen atoms in total. The Hall–Kier alpha value is -2.79. The van der Waals surface area contributed by atoms with Crippen LogP contribution in [0, 0.1) is 0 Å². The van der Waals surface area contributed by atoms with E-state index in [1.165, 1.54) is 17.4 Å². The minimum Gasteiger partial charge on any atom is -0.492 e. The molecule has 0 spiro atoms. The van der Waals surface area contributed by atoms with Gasteiger partial charge < -0.3 is 14.9 Å². The van der Waals surface area contributed by atoms with E-state index in [-0.39, 0.29) is 10.8 Å². The van der Waals surface area contributed by atoms with Crippen molar-refractivity contribution in [1.29, 1.82) is 0 Å². The zero-order valence-electron chi connectivity index (χ0n) is 19.3. The van der Waals surface area contributed by atoms with E-state index in [4.69, 9.17) is 11.6 Å². The molecule has 2 aliphatic heterocycles. The molecule has 1 aromatic heterocycles. The topological polar surface area (TPSA) is 98.5 Å². The molecule has 0 saturated carbocycles. The Labute approximate surface area is 212 Å². The van der Waals surface area contributed by atoms with Crippen molar-refractivity contribution >= 4 is 49.7 Å². The van der Waals surface area contributed by atoms with E-state index in [1.807, 2.05) is 18.2 Å². The van der Waals surface area contributed by atoms with E-state index < -0.39 is 9.84 Å². The van der Waals surface area contributed by atoms with Gasteiger partial charge in [-0.15, -0.1) is 0 Å². The summed E-state index contributed by atoms with van der Waals surface area (Å²) < 4.78 is 23.9. The molecule has 0 radical (unpaired) electrons. The molecule has 0 amide bonds. The summed E-state index contributed by atoms with van der Waals surface area (Å²) in [6.45, 7) is 3.55. The maximum absolute atomic E-state index is 12.0. The summed E-state index contributed by atoms with van der Waals surface area (Å²) in [5, 5.41) is 21.8. The number of benzene rings is 2. The molecule has 0 unspecified atom stereocenters. The van der Waals surface area contributed by atoms with Crippen molar-refractivity contribution in [1.82, 2.24) is 9.88 Å². The summed E-state index contributed by atoms with van der Waals surface area (Å²) >= 11 is 7.98. The van der Waals surface area contributed by atoms with Crippen LogP contribution in [0.15, 0.2) is 51.5 Å². The second kappa shape index (κ2) is 9.34. The molecule has 3 aromatic rings. The highest BCUT2D eigenvalue weighted by atomic mass is 35.5. The summed E-state index contributed by atoms with van der Waals surface area (Å²) in [7, 11) is -1.28. The number of halogens is 1. The number of fused-ring (bicyclic) bond motifs is 1. The third-order valence-electron chi connectivity index (χ3n) is 6.20. The first-order valence-corrected chi connectivity index (χ1v) is 14.1. The number of hydrogen-bond donors (Lipinski definition) is 1. The summed E-state index contributed by atoms with van der Waals surface area (Å²) in [6.07, 6.45) is 3.24. The Morgan fingerprint density at radius 3 is 2.63 bits per heavy atom. The van der Waals surface area contributed by atoms with Crippen LogP contribution in [0.3, 0.4) is 0 Å². The number of anilines is 1. The number of hydrogen-bond acceptors (Lipinski definition) is 9. The van der Waals surface area contributed by atoms with Crippen LogP contribution in [0.2, 0.25) is 5.02 Å². The van der Waals surface area contributed by atoms with E-state index in [1.54, 1.807) is 18.3 Å². The number of nitrogens with zero attached hydrogens (tertiary/aromatic N) is 5. The molecule has 1 fully saturated rings. The Balaban J connectivity index is 1.61. The average molecular weight is 530 g/mol. The molecule has 1 saturated heterocycles. The molecule has 11 heteroatoms. The molecule has 0 aliphatic carbocycles. The number of thiazole rings is 1. The zero-order chi connectivity index (χ0) is 24.7. The average Bonchev–Trinajstić information content (AvgIpc) is 3.44. The first kappa shape index (κ1) is 23.9. The van der Waals surface area contributed by atoms with E-state index in [0.29, 0.717) is 16.3 Å². The van der Waals surface area contributed by atoms with Gasteiger partial charge in [0.25, 0.3) is 0 Å². The third-order valence-corrected chi connectivity index (χ3v) is 8.83. The largest absolute Gasteiger partial charge is 0.492 e. The molecular weight excluding hydrogens is 506 g/mol. The van der Waals surface area contributed by atoms with Crippen molar-refractivity contribution in [2.24, 2.45) is 10.2 Å². The monoisotopic (exact) mass is 529 g/mol. The Kier molecular flexibility index (Phi) is 6.39. The smallest absolute Gasteiger partial charge is 0.231 e. The van der Waals surface area contributed by atoms with Gasteiger partial charge in [-0.1, -0.05) is 35.1 Å². The van der Waals surface area contributed by atoms with E-state index in [2.05, 4.69) is 32.0 Å². The molecule has 0 atom stereocenters. The van der Waals surface area contributed by atoms with Crippen LogP contribution in [-0.4, -0.2) is 69.1 Å². The molecule has 3 heterocycles. The Bertz CT molecular complexity index is 1560. The zero-order valence-corrected chi connectivity index (χ0v) is 21.7. The van der Waals surface area contributed by atoms with Crippen molar-refractivity contribution in [3.8, 4) is 5.88 Å². The fraction of sp³-hybridized carbons (Fsp3) is 0.292. The Morgan fingerprint density at radius 1 is 1.14 bits per heavy atom. The molecule has 182 valence electrons. The predicted molar refractivity (Wildman–Crippen MR) is 139 cm³/mol. The van der Waals surface area contributed by atoms with Gasteiger partial charge in [0, 0.05) is 49.4 Å². The predicted octanol–water partition coefficient (Wildman–Crippen LogP) is 2.07. The number of aromatic nitrogens is 1. The minimum atomic E-state index is -3.37. The van der Waals surface area contributed by atoms with E-state index >= 15 is 0 Å². The number of sulfone groups is 1. The van der Waals surface area contributed by atoms with E-state index in [0.717, 1.165) is 64.8 Å². The number of likely N-dealkylation sites (N-methyl/N-ethyl adjacent to an activating group) is 1. The highest BCUT2D eigenvalue weighted by molar-refractivity contribution is 7.90. The third kappa shape index (κ3) is 4.97. The number of rotatable bonds is 5. The fourth-order valence-electron chi connectivity index (χ4n) is 4.13. The fourth-order valence-corrected chi connectivity index (χ4v) is 6.16. The maximum Gasteiger partial charge on any atom is 0.231 e. The lowest BCUT2D eigenvalue weighted by atomic mass is 10.00. The van der Waals surface area contributed by atoms with Gasteiger partial charge in [0.15, 0.2) is 15.0 Å². The number of aromatic hydroxyl groups is 1. The highest BCUT2D eigenvalue weighted by Gasteiger charge is 2.23. The van der Waals surface area contributed by atoms with Crippen LogP contribution in [0.4, 0.5) is 5.13 Å². The van der Waals surface area contributed by atoms with Gasteiger partial charge in [-0.2, -0.15) is 15.2 Å². The van der Waals surface area contributed by atoms with Crippen molar-refractivity contribution in [3.63, 3.8) is 0 Å². The molecule has 2 aliphatic rings. The molecular formula is C24H24ClN5O3S2. The first-order valence-electron chi connectivity index (χ1n) is 11.1. The lowest BCUT2D eigenvalue weighted by Crippen LogP contribution is -2.44. The van der Waals surface area contributed by atoms with Gasteiger partial charge in [-0.3, -0.25) is 0 Å². The molecule has 1 N–H and O–H groups in total. The minimum absolute atomic E-state index is 0.0262. The standard InChI is InChI=1S/C24H24ClN5O3S2/c1-29-7-9-30(10-8-29)24-27-23(31)22(34-24)19(15-4-6-21-17(11-15)14-26-28-21)12-16-3-5-18(13-20(16)25)35(2,32)33/h3-6,11,13-14,31H,7-10,12H2,1-2H3. The van der Waals surface area contributed by atoms with E-state index in [9.17, 15) is 13.5 Å². The van der Waals surface area contributed by atoms with Gasteiger partial charge >= 0.3 is 0 Å². The van der Waals surface area contributed by atoms with Crippen molar-refractivity contribution < 1.29 is 13.5 Å². The lowest BCUT2D eigenvalue weighted by molar-refractivity contribution is 0.312. The summed E-state index contributed by atoms with van der Waals surface area (Å²) in [6, 6.07) is 10.6. The van der Waals surface area contributed by atoms with Crippen LogP contribution >= 0.6 is 22.9 Å². The second-order valence-corrected chi connectivity index (χ2v) is 12.1. The Morgan fingerprint density at radius 2 is 1.91 bits per heavy atom. The SMILES string of the molecule is CN1CCN(c2nc(O)c(C(Cc3ccc(S(C)(=O)=O)cc3Cl)=c3ccc4c(c3)C=NN=4)s2)CC1. The molecule has 2 aromatic carbocycles. The summed E-state index contributed by atoms with van der Waals surface area (Å²) in [4.78, 5) is 9.77. The van der Waals surface area contributed by atoms with Crippen molar-refractivity contribution in [2.75, 3.05) is 44.4 Å². The van der Waals surface area contributed by atoms with Crippen molar-refractivity contribution in [3.05, 3.63) is 68.0 Å². The van der Waals surface area contributed by atoms with Gasteiger partial charge in [0.05, 0.1) is 21.3 Å². The molecule has 35 heavy (non-hydrogen) atoms. The van der Waals surface area contributed by atoms with Crippen LogP contribution in [0.25, 0.3) is 5.57 Å². The van der Waals surface area contributed by atoms with Crippen LogP contribution in [0.1, 0.15) is 16.0 Å². The number of piperazine rings is 1. The first-order chi connectivity index (χ1) is 16.7. The lowest BCUT2D eigenvalue weighted by Gasteiger charge is -2.31. The quantitative estimate of drug-likeness (QED) is 0.543. The molecule has 5 rings (SSSR count). The normalized spacial score (nSPS) is 16.8. The van der Waals surface area contributed by atoms with Crippen LogP contribution in [0.5, 0.6) is 5.88 Å². The molecule has 0 bridgehead atoms. The van der Waals surface area contributed by atoms with Gasteiger partial charge in [-0.05, 0) is 47.7 Å². The van der Waals surface area contributed by atoms with Gasteiger partial charge in [-0.25, -0.2) is 8.42 Å². The van der Waals surface area contributed by atoms with Crippen LogP contribution < -0.4 is 15.5 Å². The highest BCUT2D eigenvalue weighted by Crippen LogP contribution is 2.37. The summed E-state index contributed by atoms with van der Waals surface area (Å²) in [5.41, 5.74) is 2.49. The van der Waals surface area contributed by atoms with Crippen LogP contribution in [-0.2, 0) is 16.3 Å². The maximum atomic E-state index is 12.0. The van der Waals surface area contributed by atoms with Gasteiger partial charge in [0.1, 0.15) is 0 Å². The summed E-state index contributed by atoms with van der Waals surface area (Å²) in [5.74, 6) is -0.0262. The van der Waals surface area contributed by atoms with Crippen molar-refractivity contribution in [2.45, 2.75) is 11.3 Å².